The number of benzene rings is 2. The molecule has 0 saturated carbocycles. The van der Waals surface area contributed by atoms with Crippen LogP contribution in [0.3, 0.4) is 0 Å². The summed E-state index contributed by atoms with van der Waals surface area (Å²) in [5.41, 5.74) is 3.36. The third-order valence-corrected chi connectivity index (χ3v) is 6.19. The Morgan fingerprint density at radius 1 is 1.21 bits per heavy atom. The Hall–Kier alpha value is -2.32. The van der Waals surface area contributed by atoms with E-state index in [-0.39, 0.29) is 0 Å². The fourth-order valence-corrected chi connectivity index (χ4v) is 4.32. The molecule has 6 nitrogen and oxygen atoms in total. The second-order valence-corrected chi connectivity index (χ2v) is 8.44. The minimum atomic E-state index is -0.466. The van der Waals surface area contributed by atoms with Crippen molar-refractivity contribution in [3.8, 4) is 22.9 Å². The van der Waals surface area contributed by atoms with Crippen LogP contribution in [0.25, 0.3) is 11.3 Å². The van der Waals surface area contributed by atoms with Crippen LogP contribution in [0.1, 0.15) is 31.6 Å². The number of hydrogen-bond acceptors (Lipinski definition) is 7. The molecule has 0 bridgehead atoms. The number of nitrogens with zero attached hydrogens (tertiary/aromatic N) is 3. The molecule has 29 heavy (non-hydrogen) atoms. The van der Waals surface area contributed by atoms with E-state index in [1.165, 1.54) is 0 Å². The predicted octanol–water partition coefficient (Wildman–Crippen LogP) is 5.71. The molecule has 0 unspecified atom stereocenters. The molecule has 8 heteroatoms. The van der Waals surface area contributed by atoms with Gasteiger partial charge in [0.05, 0.1) is 7.11 Å². The minimum absolute atomic E-state index is 0.466. The number of para-hydroxylation sites is 1. The van der Waals surface area contributed by atoms with Crippen molar-refractivity contribution in [2.24, 2.45) is 0 Å². The Labute approximate surface area is 182 Å². The summed E-state index contributed by atoms with van der Waals surface area (Å²) in [5, 5.41) is 12.9. The van der Waals surface area contributed by atoms with Gasteiger partial charge in [0, 0.05) is 27.0 Å². The zero-order chi connectivity index (χ0) is 20.2. The third kappa shape index (κ3) is 4.33. The topological polar surface area (TPSA) is 69.2 Å². The Morgan fingerprint density at radius 3 is 2.90 bits per heavy atom. The molecule has 0 amide bonds. The summed E-state index contributed by atoms with van der Waals surface area (Å²) in [5.74, 6) is 2.18. The smallest absolute Gasteiger partial charge is 0.247 e. The monoisotopic (exact) mass is 472 g/mol. The minimum Gasteiger partial charge on any atom is -0.497 e. The highest BCUT2D eigenvalue weighted by atomic mass is 79.9. The molecule has 1 N–H and O–H groups in total. The number of halogens is 1. The molecule has 0 radical (unpaired) electrons. The summed E-state index contributed by atoms with van der Waals surface area (Å²) >= 11 is 5.23. The molecule has 1 aliphatic rings. The number of aromatic nitrogens is 3. The lowest BCUT2D eigenvalue weighted by Crippen LogP contribution is -2.17. The third-order valence-electron chi connectivity index (χ3n) is 4.55. The normalized spacial score (nSPS) is 14.8. The van der Waals surface area contributed by atoms with Gasteiger partial charge in [-0.2, -0.15) is 4.98 Å². The molecule has 1 aliphatic heterocycles. The van der Waals surface area contributed by atoms with Crippen LogP contribution < -0.4 is 14.8 Å². The molecule has 2 heterocycles. The first-order chi connectivity index (χ1) is 14.2. The van der Waals surface area contributed by atoms with Gasteiger partial charge < -0.3 is 14.8 Å². The van der Waals surface area contributed by atoms with Gasteiger partial charge in [-0.1, -0.05) is 59.2 Å². The molecule has 150 valence electrons. The molecule has 0 aliphatic carbocycles. The number of methoxy groups -OCH3 is 1. The van der Waals surface area contributed by atoms with Gasteiger partial charge in [-0.05, 0) is 30.7 Å². The summed E-state index contributed by atoms with van der Waals surface area (Å²) in [6, 6.07) is 13.7. The molecule has 4 rings (SSSR count). The zero-order valence-electron chi connectivity index (χ0n) is 16.2. The Morgan fingerprint density at radius 2 is 2.07 bits per heavy atom. The van der Waals surface area contributed by atoms with Crippen LogP contribution in [0.4, 0.5) is 5.69 Å². The van der Waals surface area contributed by atoms with E-state index in [0.717, 1.165) is 45.6 Å². The van der Waals surface area contributed by atoms with E-state index in [1.54, 1.807) is 18.9 Å². The first kappa shape index (κ1) is 20.0. The van der Waals surface area contributed by atoms with Crippen LogP contribution >= 0.6 is 27.7 Å². The molecule has 1 aromatic heterocycles. The molecule has 0 spiro atoms. The van der Waals surface area contributed by atoms with E-state index in [2.05, 4.69) is 43.4 Å². The van der Waals surface area contributed by atoms with Crippen LogP contribution in [0, 0.1) is 0 Å². The highest BCUT2D eigenvalue weighted by Gasteiger charge is 2.27. The number of hydrogen-bond donors (Lipinski definition) is 1. The van der Waals surface area contributed by atoms with Crippen molar-refractivity contribution in [2.75, 3.05) is 18.2 Å². The van der Waals surface area contributed by atoms with Crippen molar-refractivity contribution in [1.82, 2.24) is 15.2 Å². The van der Waals surface area contributed by atoms with Crippen molar-refractivity contribution >= 4 is 33.4 Å². The van der Waals surface area contributed by atoms with E-state index in [9.17, 15) is 0 Å². The standard InChI is InChI=1S/C21H21BrN4O2S/c1-3-4-11-29-21-24-20-18(25-26-21)14-7-5-6-8-17(14)23-19(28-20)15-12-13(27-2)9-10-16(15)22/h5-10,12,19,23H,3-4,11H2,1-2H3/t19-/m1/s1. The number of fused-ring (bicyclic) bond motifs is 3. The van der Waals surface area contributed by atoms with E-state index in [0.29, 0.717) is 16.7 Å². The van der Waals surface area contributed by atoms with E-state index in [4.69, 9.17) is 9.47 Å². The summed E-state index contributed by atoms with van der Waals surface area (Å²) in [6.07, 6.45) is 1.77. The number of thioether (sulfide) groups is 1. The largest absolute Gasteiger partial charge is 0.497 e. The van der Waals surface area contributed by atoms with Crippen LogP contribution in [-0.2, 0) is 0 Å². The highest BCUT2D eigenvalue weighted by molar-refractivity contribution is 9.10. The average molecular weight is 473 g/mol. The number of anilines is 1. The van der Waals surface area contributed by atoms with Crippen molar-refractivity contribution < 1.29 is 9.47 Å². The van der Waals surface area contributed by atoms with Crippen molar-refractivity contribution in [3.05, 3.63) is 52.5 Å². The quantitative estimate of drug-likeness (QED) is 0.364. The van der Waals surface area contributed by atoms with Crippen molar-refractivity contribution in [3.63, 3.8) is 0 Å². The summed E-state index contributed by atoms with van der Waals surface area (Å²) in [7, 11) is 1.65. The first-order valence-electron chi connectivity index (χ1n) is 9.43. The Kier molecular flexibility index (Phi) is 6.20. The molecule has 0 saturated heterocycles. The number of unbranched alkanes of at least 4 members (excludes halogenated alkanes) is 1. The lowest BCUT2D eigenvalue weighted by molar-refractivity contribution is 0.224. The van der Waals surface area contributed by atoms with Gasteiger partial charge in [0.25, 0.3) is 0 Å². The number of ether oxygens (including phenoxy) is 2. The van der Waals surface area contributed by atoms with E-state index >= 15 is 0 Å². The first-order valence-corrected chi connectivity index (χ1v) is 11.2. The summed E-state index contributed by atoms with van der Waals surface area (Å²) in [4.78, 5) is 4.67. The van der Waals surface area contributed by atoms with Crippen LogP contribution in [-0.4, -0.2) is 28.0 Å². The average Bonchev–Trinajstić information content (AvgIpc) is 2.90. The van der Waals surface area contributed by atoms with Crippen LogP contribution in [0.15, 0.2) is 52.1 Å². The van der Waals surface area contributed by atoms with Crippen LogP contribution in [0.5, 0.6) is 11.6 Å². The summed E-state index contributed by atoms with van der Waals surface area (Å²) in [6.45, 7) is 2.17. The molecule has 0 fully saturated rings. The molecular weight excluding hydrogens is 452 g/mol. The lowest BCUT2D eigenvalue weighted by atomic mass is 10.1. The fraction of sp³-hybridized carbons (Fsp3) is 0.286. The van der Waals surface area contributed by atoms with Gasteiger partial charge in [-0.3, -0.25) is 0 Å². The molecular formula is C21H21BrN4O2S. The van der Waals surface area contributed by atoms with Gasteiger partial charge in [0.2, 0.25) is 11.0 Å². The number of rotatable bonds is 6. The molecule has 1 atom stereocenters. The summed E-state index contributed by atoms with van der Waals surface area (Å²) < 4.78 is 12.6. The lowest BCUT2D eigenvalue weighted by Gasteiger charge is -2.21. The van der Waals surface area contributed by atoms with Gasteiger partial charge >= 0.3 is 0 Å². The van der Waals surface area contributed by atoms with Crippen molar-refractivity contribution in [2.45, 2.75) is 31.1 Å². The van der Waals surface area contributed by atoms with Crippen LogP contribution in [0.2, 0.25) is 0 Å². The van der Waals surface area contributed by atoms with Gasteiger partial charge in [0.15, 0.2) is 11.9 Å². The molecule has 3 aromatic rings. The maximum atomic E-state index is 6.33. The fourth-order valence-electron chi connectivity index (χ4n) is 3.01. The SMILES string of the molecule is CCCCSc1nnc2c(n1)O[C@H](c1cc(OC)ccc1Br)Nc1ccccc1-2. The zero-order valence-corrected chi connectivity index (χ0v) is 18.6. The maximum absolute atomic E-state index is 6.33. The van der Waals surface area contributed by atoms with Gasteiger partial charge in [0.1, 0.15) is 5.75 Å². The van der Waals surface area contributed by atoms with Gasteiger partial charge in [-0.15, -0.1) is 10.2 Å². The second kappa shape index (κ2) is 9.00. The Bertz CT molecular complexity index is 1020. The van der Waals surface area contributed by atoms with Gasteiger partial charge in [-0.25, -0.2) is 0 Å². The Balaban J connectivity index is 1.76. The molecule has 2 aromatic carbocycles. The second-order valence-electron chi connectivity index (χ2n) is 6.53. The predicted molar refractivity (Wildman–Crippen MR) is 119 cm³/mol. The highest BCUT2D eigenvalue weighted by Crippen LogP contribution is 2.41. The maximum Gasteiger partial charge on any atom is 0.247 e. The van der Waals surface area contributed by atoms with E-state index in [1.807, 2.05) is 42.5 Å². The van der Waals surface area contributed by atoms with E-state index < -0.39 is 6.23 Å². The van der Waals surface area contributed by atoms with Crippen molar-refractivity contribution in [1.29, 1.82) is 0 Å². The number of nitrogens with one attached hydrogen (secondary N) is 1.